The number of carboxylic acid groups (broad SMARTS) is 1. The van der Waals surface area contributed by atoms with E-state index in [1.165, 1.54) is 0 Å². The van der Waals surface area contributed by atoms with Crippen LogP contribution in [0.25, 0.3) is 0 Å². The summed E-state index contributed by atoms with van der Waals surface area (Å²) in [6, 6.07) is 7.29. The molecule has 1 amide bonds. The molecule has 0 aliphatic carbocycles. The Bertz CT molecular complexity index is 500. The summed E-state index contributed by atoms with van der Waals surface area (Å²) in [4.78, 5) is 21.6. The topological polar surface area (TPSA) is 105 Å². The number of nitrogens with one attached hydrogen (secondary N) is 1. The molecule has 4 N–H and O–H groups in total. The molecule has 0 spiro atoms. The molecule has 1 aromatic carbocycles. The van der Waals surface area contributed by atoms with E-state index in [4.69, 9.17) is 10.8 Å². The van der Waals surface area contributed by atoms with Gasteiger partial charge in [0, 0.05) is 10.9 Å². The number of hydrazone groups is 1. The third-order valence-electron chi connectivity index (χ3n) is 2.50. The van der Waals surface area contributed by atoms with Crippen molar-refractivity contribution >= 4 is 39.2 Å². The van der Waals surface area contributed by atoms with Crippen molar-refractivity contribution in [2.75, 3.05) is 5.43 Å². The van der Waals surface area contributed by atoms with Crippen molar-refractivity contribution in [3.05, 3.63) is 28.7 Å². The normalized spacial score (nSPS) is 11.2. The van der Waals surface area contributed by atoms with E-state index in [0.29, 0.717) is 19.3 Å². The number of carboxylic acids is 1. The Morgan fingerprint density at radius 1 is 1.20 bits per heavy atom. The molecule has 0 unspecified atom stereocenters. The van der Waals surface area contributed by atoms with Crippen LogP contribution >= 0.6 is 15.9 Å². The minimum Gasteiger partial charge on any atom is -0.481 e. The highest BCUT2D eigenvalue weighted by atomic mass is 79.9. The van der Waals surface area contributed by atoms with Crippen LogP contribution in [0.3, 0.4) is 0 Å². The number of rotatable bonds is 8. The summed E-state index contributed by atoms with van der Waals surface area (Å²) >= 11 is 3.32. The van der Waals surface area contributed by atoms with E-state index in [1.807, 2.05) is 12.1 Å². The van der Waals surface area contributed by atoms with E-state index >= 15 is 0 Å². The molecule has 0 saturated heterocycles. The first-order valence-corrected chi connectivity index (χ1v) is 6.88. The van der Waals surface area contributed by atoms with Gasteiger partial charge in [0.05, 0.1) is 5.69 Å². The number of unbranched alkanes of at least 4 members (excludes halogenated alkanes) is 1. The highest BCUT2D eigenvalue weighted by Crippen LogP contribution is 2.14. The first kappa shape index (κ1) is 16.2. The molecule has 20 heavy (non-hydrogen) atoms. The van der Waals surface area contributed by atoms with Gasteiger partial charge in [-0.3, -0.25) is 15.0 Å². The van der Waals surface area contributed by atoms with Gasteiger partial charge in [-0.1, -0.05) is 15.9 Å². The van der Waals surface area contributed by atoms with Crippen molar-refractivity contribution in [1.29, 1.82) is 0 Å². The van der Waals surface area contributed by atoms with E-state index in [1.54, 1.807) is 12.1 Å². The lowest BCUT2D eigenvalue weighted by molar-refractivity contribution is -0.137. The monoisotopic (exact) mass is 341 g/mol. The Hall–Kier alpha value is -1.89. The lowest BCUT2D eigenvalue weighted by Gasteiger charge is -2.04. The molecular formula is C13H16BrN3O3. The smallest absolute Gasteiger partial charge is 0.303 e. The lowest BCUT2D eigenvalue weighted by Crippen LogP contribution is -2.24. The molecular weight excluding hydrogens is 326 g/mol. The summed E-state index contributed by atoms with van der Waals surface area (Å²) in [6.45, 7) is 0. The molecule has 0 heterocycles. The Balaban J connectivity index is 2.52. The van der Waals surface area contributed by atoms with Crippen LogP contribution in [0.2, 0.25) is 0 Å². The van der Waals surface area contributed by atoms with E-state index in [2.05, 4.69) is 26.5 Å². The Morgan fingerprint density at radius 3 is 2.35 bits per heavy atom. The maximum absolute atomic E-state index is 11.2. The third kappa shape index (κ3) is 6.33. The summed E-state index contributed by atoms with van der Waals surface area (Å²) in [6.07, 6.45) is 1.47. The SMILES string of the molecule is NC(=O)/C(CCCCC(=O)O)=N\Nc1ccc(Br)cc1. The van der Waals surface area contributed by atoms with Crippen LogP contribution < -0.4 is 11.2 Å². The fourth-order valence-electron chi connectivity index (χ4n) is 1.46. The number of carbonyl (C=O) groups excluding carboxylic acids is 1. The zero-order chi connectivity index (χ0) is 15.0. The van der Waals surface area contributed by atoms with Crippen molar-refractivity contribution in [3.8, 4) is 0 Å². The lowest BCUT2D eigenvalue weighted by atomic mass is 10.1. The van der Waals surface area contributed by atoms with E-state index in [0.717, 1.165) is 10.2 Å². The summed E-state index contributed by atoms with van der Waals surface area (Å²) < 4.78 is 0.941. The molecule has 1 rings (SSSR count). The van der Waals surface area contributed by atoms with Crippen LogP contribution in [0.4, 0.5) is 5.69 Å². The molecule has 0 aliphatic rings. The number of nitrogens with two attached hydrogens (primary N) is 1. The number of nitrogens with zero attached hydrogens (tertiary/aromatic N) is 1. The predicted molar refractivity (Wildman–Crippen MR) is 80.5 cm³/mol. The average Bonchev–Trinajstić information content (AvgIpc) is 2.39. The fourth-order valence-corrected chi connectivity index (χ4v) is 1.72. The van der Waals surface area contributed by atoms with Crippen molar-refractivity contribution in [1.82, 2.24) is 0 Å². The zero-order valence-electron chi connectivity index (χ0n) is 10.8. The second kappa shape index (κ2) is 8.31. The van der Waals surface area contributed by atoms with Crippen molar-refractivity contribution in [2.24, 2.45) is 10.8 Å². The Morgan fingerprint density at radius 2 is 1.80 bits per heavy atom. The first-order valence-electron chi connectivity index (χ1n) is 6.09. The summed E-state index contributed by atoms with van der Waals surface area (Å²) in [5, 5.41) is 12.5. The van der Waals surface area contributed by atoms with E-state index in [-0.39, 0.29) is 12.1 Å². The zero-order valence-corrected chi connectivity index (χ0v) is 12.4. The number of amides is 1. The molecule has 0 aromatic heterocycles. The van der Waals surface area contributed by atoms with Gasteiger partial charge in [0.1, 0.15) is 5.71 Å². The van der Waals surface area contributed by atoms with Crippen LogP contribution in [0.1, 0.15) is 25.7 Å². The predicted octanol–water partition coefficient (Wildman–Crippen LogP) is 2.35. The van der Waals surface area contributed by atoms with Gasteiger partial charge in [-0.25, -0.2) is 0 Å². The molecule has 7 heteroatoms. The number of aliphatic carboxylic acids is 1. The largest absolute Gasteiger partial charge is 0.481 e. The van der Waals surface area contributed by atoms with Crippen LogP contribution in [0, 0.1) is 0 Å². The maximum atomic E-state index is 11.2. The van der Waals surface area contributed by atoms with Crippen LogP contribution in [0.15, 0.2) is 33.8 Å². The van der Waals surface area contributed by atoms with Gasteiger partial charge >= 0.3 is 5.97 Å². The van der Waals surface area contributed by atoms with Gasteiger partial charge in [-0.05, 0) is 43.5 Å². The molecule has 0 fully saturated rings. The van der Waals surface area contributed by atoms with Crippen molar-refractivity contribution < 1.29 is 14.7 Å². The number of anilines is 1. The van der Waals surface area contributed by atoms with Gasteiger partial charge in [0.25, 0.3) is 5.91 Å². The second-order valence-electron chi connectivity index (χ2n) is 4.14. The van der Waals surface area contributed by atoms with E-state index in [9.17, 15) is 9.59 Å². The van der Waals surface area contributed by atoms with Gasteiger partial charge < -0.3 is 10.8 Å². The highest BCUT2D eigenvalue weighted by Gasteiger charge is 2.07. The fraction of sp³-hybridized carbons (Fsp3) is 0.308. The van der Waals surface area contributed by atoms with Crippen LogP contribution in [-0.2, 0) is 9.59 Å². The number of halogens is 1. The molecule has 0 saturated carbocycles. The molecule has 6 nitrogen and oxygen atoms in total. The Kier molecular flexibility index (Phi) is 6.72. The van der Waals surface area contributed by atoms with Crippen LogP contribution in [0.5, 0.6) is 0 Å². The quantitative estimate of drug-likeness (QED) is 0.383. The molecule has 0 atom stereocenters. The summed E-state index contributed by atoms with van der Waals surface area (Å²) in [5.41, 5.74) is 8.93. The molecule has 0 radical (unpaired) electrons. The number of benzene rings is 1. The van der Waals surface area contributed by atoms with Gasteiger partial charge in [0.15, 0.2) is 0 Å². The van der Waals surface area contributed by atoms with Gasteiger partial charge in [-0.15, -0.1) is 0 Å². The second-order valence-corrected chi connectivity index (χ2v) is 5.06. The average molecular weight is 342 g/mol. The van der Waals surface area contributed by atoms with Gasteiger partial charge in [0.2, 0.25) is 0 Å². The number of primary amides is 1. The standard InChI is InChI=1S/C13H16BrN3O3/c14-9-5-7-10(8-6-9)16-17-11(13(15)20)3-1-2-4-12(18)19/h5-8,16H,1-4H2,(H2,15,20)(H,18,19)/b17-11-. The minimum absolute atomic E-state index is 0.0756. The molecule has 108 valence electrons. The summed E-state index contributed by atoms with van der Waals surface area (Å²) in [7, 11) is 0. The first-order chi connectivity index (χ1) is 9.49. The number of hydrogen-bond donors (Lipinski definition) is 3. The summed E-state index contributed by atoms with van der Waals surface area (Å²) in [5.74, 6) is -1.46. The van der Waals surface area contributed by atoms with Crippen molar-refractivity contribution in [3.63, 3.8) is 0 Å². The van der Waals surface area contributed by atoms with Crippen LogP contribution in [-0.4, -0.2) is 22.7 Å². The van der Waals surface area contributed by atoms with E-state index < -0.39 is 11.9 Å². The third-order valence-corrected chi connectivity index (χ3v) is 3.03. The number of carbonyl (C=O) groups is 2. The molecule has 1 aromatic rings. The Labute approximate surface area is 125 Å². The molecule has 0 aliphatic heterocycles. The maximum Gasteiger partial charge on any atom is 0.303 e. The minimum atomic E-state index is -0.851. The van der Waals surface area contributed by atoms with Crippen molar-refractivity contribution in [2.45, 2.75) is 25.7 Å². The number of hydrogen-bond acceptors (Lipinski definition) is 4. The van der Waals surface area contributed by atoms with Gasteiger partial charge in [-0.2, -0.15) is 5.10 Å². The highest BCUT2D eigenvalue weighted by molar-refractivity contribution is 9.10. The molecule has 0 bridgehead atoms.